The maximum Gasteiger partial charge on any atom is 0.404 e. The van der Waals surface area contributed by atoms with E-state index in [0.717, 1.165) is 90.9 Å². The van der Waals surface area contributed by atoms with E-state index in [-0.39, 0.29) is 138 Å². The number of carbonyl (C=O) groups excluding carboxylic acids is 6. The number of nitrogens with zero attached hydrogens (tertiary/aromatic N) is 9. The van der Waals surface area contributed by atoms with Gasteiger partial charge in [0.15, 0.2) is 34.9 Å². The highest BCUT2D eigenvalue weighted by atomic mass is 35.5. The second kappa shape index (κ2) is 37.4. The molecule has 6 aromatic carbocycles. The molecule has 602 valence electrons. The number of hydrogen-bond donors (Lipinski definition) is 2. The van der Waals surface area contributed by atoms with E-state index in [0.29, 0.717) is 61.0 Å². The number of aliphatic hydroxyl groups is 1. The highest BCUT2D eigenvalue weighted by molar-refractivity contribution is 8.00. The first-order valence-electron chi connectivity index (χ1n) is 36.2. The highest BCUT2D eigenvalue weighted by Gasteiger charge is 2.39. The van der Waals surface area contributed by atoms with Crippen molar-refractivity contribution in [2.75, 3.05) is 39.6 Å². The molecule has 0 unspecified atom stereocenters. The van der Waals surface area contributed by atoms with Gasteiger partial charge in [-0.25, -0.2) is 45.5 Å². The third-order valence-electron chi connectivity index (χ3n) is 18.1. The fraction of sp³-hybridized carbons (Fsp3) is 0.287. The van der Waals surface area contributed by atoms with Crippen molar-refractivity contribution in [3.63, 3.8) is 0 Å². The van der Waals surface area contributed by atoms with Gasteiger partial charge in [-0.05, 0) is 144 Å². The van der Waals surface area contributed by atoms with Crippen LogP contribution in [-0.4, -0.2) is 123 Å². The van der Waals surface area contributed by atoms with Gasteiger partial charge in [0.1, 0.15) is 13.2 Å². The number of carbonyl (C=O) groups is 6. The quantitative estimate of drug-likeness (QED) is 0.0221. The average Bonchev–Trinajstić information content (AvgIpc) is 1.58. The Morgan fingerprint density at radius 1 is 0.452 bits per heavy atom. The van der Waals surface area contributed by atoms with Crippen molar-refractivity contribution in [1.29, 1.82) is 0 Å². The molecule has 0 saturated heterocycles. The molecule has 115 heavy (non-hydrogen) atoms. The number of benzene rings is 6. The summed E-state index contributed by atoms with van der Waals surface area (Å²) in [5.41, 5.74) is 9.63. The molecule has 0 atom stereocenters. The number of amides is 1. The van der Waals surface area contributed by atoms with Crippen LogP contribution in [0.3, 0.4) is 0 Å². The molecule has 3 saturated carbocycles. The molecule has 0 spiro atoms. The summed E-state index contributed by atoms with van der Waals surface area (Å²) >= 11 is 26.6. The maximum atomic E-state index is 15.6. The Hall–Kier alpha value is -9.86. The Labute approximate surface area is 686 Å². The molecule has 15 rings (SSSR count). The van der Waals surface area contributed by atoms with Gasteiger partial charge in [-0.15, -0.1) is 0 Å². The lowest BCUT2D eigenvalue weighted by atomic mass is 10.2. The van der Waals surface area contributed by atoms with Gasteiger partial charge < -0.3 is 48.2 Å². The molecule has 0 radical (unpaired) electrons. The van der Waals surface area contributed by atoms with Crippen LogP contribution in [0.15, 0.2) is 158 Å². The monoisotopic (exact) mass is 1710 g/mol. The lowest BCUT2D eigenvalue weighted by molar-refractivity contribution is -0.141. The van der Waals surface area contributed by atoms with Gasteiger partial charge in [-0.3, -0.25) is 23.6 Å². The van der Waals surface area contributed by atoms with Crippen LogP contribution in [0.25, 0.3) is 49.8 Å². The van der Waals surface area contributed by atoms with Gasteiger partial charge in [0.25, 0.3) is 0 Å². The Morgan fingerprint density at radius 3 is 1.02 bits per heavy atom. The molecule has 3 N–H and O–H groups in total. The predicted octanol–water partition coefficient (Wildman–Crippen LogP) is 19.3. The molecule has 1 amide bonds. The van der Waals surface area contributed by atoms with Gasteiger partial charge >= 0.3 is 30.0 Å². The van der Waals surface area contributed by atoms with Crippen LogP contribution in [-0.2, 0) is 52.9 Å². The molecule has 0 bridgehead atoms. The predicted molar refractivity (Wildman–Crippen MR) is 423 cm³/mol. The van der Waals surface area contributed by atoms with E-state index in [1.54, 1.807) is 140 Å². The smallest absolute Gasteiger partial charge is 0.404 e. The number of halogens is 10. The Kier molecular flexibility index (Phi) is 27.5. The zero-order chi connectivity index (χ0) is 82.2. The summed E-state index contributed by atoms with van der Waals surface area (Å²) in [6.07, 6.45) is 14.5. The Balaban J connectivity index is 0.000000156. The van der Waals surface area contributed by atoms with Crippen LogP contribution in [0.5, 0.6) is 0 Å². The van der Waals surface area contributed by atoms with Crippen molar-refractivity contribution < 1.29 is 83.9 Å². The van der Waals surface area contributed by atoms with Crippen molar-refractivity contribution in [3.8, 4) is 17.1 Å². The number of primary amides is 1. The number of fused-ring (bicyclic) bond motifs is 3. The lowest BCUT2D eigenvalue weighted by Gasteiger charge is -2.11. The summed E-state index contributed by atoms with van der Waals surface area (Å²) in [7, 11) is 0. The minimum absolute atomic E-state index is 0.0200. The molecule has 6 heterocycles. The third kappa shape index (κ3) is 19.0. The zero-order valence-electron chi connectivity index (χ0n) is 62.0. The van der Waals surface area contributed by atoms with Gasteiger partial charge in [0.2, 0.25) is 5.24 Å². The van der Waals surface area contributed by atoms with E-state index >= 15 is 26.3 Å². The normalized spacial score (nSPS) is 13.0. The Morgan fingerprint density at radius 2 is 0.748 bits per heavy atom. The first-order valence-corrected chi connectivity index (χ1v) is 40.1. The van der Waals surface area contributed by atoms with Crippen LogP contribution >= 0.6 is 81.7 Å². The van der Waals surface area contributed by atoms with Crippen molar-refractivity contribution in [2.24, 2.45) is 5.73 Å². The van der Waals surface area contributed by atoms with E-state index in [1.807, 2.05) is 0 Å². The van der Waals surface area contributed by atoms with Crippen molar-refractivity contribution in [3.05, 3.63) is 212 Å². The van der Waals surface area contributed by atoms with Gasteiger partial charge in [0, 0.05) is 113 Å². The second-order valence-corrected chi connectivity index (χ2v) is 31.1. The molecule has 12 aromatic rings. The topological polar surface area (TPSA) is 263 Å². The SMILES string of the molecule is CC(=O)Cl.CCOC(=O)c1cccc(Sc2c(C3CC3)n(-c3cnn(CCO)c3)c3c(F)c(Cl)ccc23)c1F.CCOC(=O)c1cccc(Sc2c(C3CC3)n(-c3cnn(CCOC(C)=O)c3)c3c(F)c(Cl)ccc23)c1F.CCOC(=O)c1cccc(Sc2c(C3CC3)n(-c3cnn(CCOC(N)=O)c3)c3c(F)c(Cl)ccc23)c1F. The van der Waals surface area contributed by atoms with Gasteiger partial charge in [0.05, 0.1) is 130 Å². The number of aromatic nitrogens is 9. The van der Waals surface area contributed by atoms with E-state index < -0.39 is 58.9 Å². The molecular formula is C80H72Cl4F6N10O12S3. The van der Waals surface area contributed by atoms with Crippen molar-refractivity contribution in [2.45, 2.75) is 140 Å². The molecule has 3 aliphatic carbocycles. The van der Waals surface area contributed by atoms with E-state index in [9.17, 15) is 33.9 Å². The summed E-state index contributed by atoms with van der Waals surface area (Å²) in [4.78, 5) is 70.7. The van der Waals surface area contributed by atoms with Crippen molar-refractivity contribution >= 4 is 150 Å². The number of nitrogens with two attached hydrogens (primary N) is 1. The number of rotatable bonds is 26. The molecule has 22 nitrogen and oxygen atoms in total. The molecule has 35 heteroatoms. The summed E-state index contributed by atoms with van der Waals surface area (Å²) in [6, 6.07) is 23.3. The zero-order valence-corrected chi connectivity index (χ0v) is 67.5. The summed E-state index contributed by atoms with van der Waals surface area (Å²) in [5, 5.41) is 23.5. The number of ether oxygens (including phenoxy) is 5. The second-order valence-electron chi connectivity index (χ2n) is 26.2. The minimum atomic E-state index is -0.887. The molecule has 6 aromatic heterocycles. The van der Waals surface area contributed by atoms with Crippen LogP contribution in [0.2, 0.25) is 15.1 Å². The van der Waals surface area contributed by atoms with Crippen molar-refractivity contribution in [1.82, 2.24) is 43.0 Å². The third-order valence-corrected chi connectivity index (χ3v) is 22.5. The lowest BCUT2D eigenvalue weighted by Crippen LogP contribution is -2.16. The number of esters is 4. The average molecular weight is 1720 g/mol. The van der Waals surface area contributed by atoms with Gasteiger partial charge in [-0.2, -0.15) is 15.3 Å². The fourth-order valence-electron chi connectivity index (χ4n) is 12.8. The maximum absolute atomic E-state index is 15.6. The van der Waals surface area contributed by atoms with Crippen LogP contribution in [0.1, 0.15) is 139 Å². The van der Waals surface area contributed by atoms with Crippen LogP contribution in [0, 0.1) is 34.9 Å². The van der Waals surface area contributed by atoms with Crippen LogP contribution < -0.4 is 5.73 Å². The number of hydrogen-bond acceptors (Lipinski definition) is 18. The first kappa shape index (κ1) is 84.5. The van der Waals surface area contributed by atoms with Gasteiger partial charge in [-0.1, -0.05) is 88.3 Å². The fourth-order valence-corrected chi connectivity index (χ4v) is 16.9. The minimum Gasteiger partial charge on any atom is -0.464 e. The van der Waals surface area contributed by atoms with E-state index in [4.69, 9.17) is 64.2 Å². The highest BCUT2D eigenvalue weighted by Crippen LogP contribution is 2.55. The largest absolute Gasteiger partial charge is 0.464 e. The first-order chi connectivity index (χ1) is 55.3. The molecular weight excluding hydrogens is 1640 g/mol. The molecule has 3 aliphatic rings. The standard InChI is InChI=1S/C27H24ClF2N3O4S.C26H23ClF2N4O4S.C25H22ClF2N3O3S.C2H3ClO/c1-3-36-27(35)18-5-4-6-21(22(18)29)38-26-19-9-10-20(28)23(30)25(19)33(24(26)16-7-8-16)17-13-31-32(14-17)11-12-37-15(2)34;1-2-36-25(34)16-4-3-5-19(20(16)28)38-24-17-8-9-18(27)21(29)23(17)33(22(24)14-6-7-14)15-12-31-32(13-15)10-11-37-26(30)35;1-2-34-25(33)16-4-3-5-19(20(16)27)35-24-17-8-9-18(26)21(28)23(17)31(22(24)14-6-7-14)15-12-29-30(13-15)10-11-32;1-2(3)4/h4-6,9-10,13-14,16H,3,7-8,11-12H2,1-2H3;3-5,8-9,12-14H,2,6-7,10-11H2,1H3,(H2,30,35);3-5,8-9,12-14,32H,2,6-7,10-11H2,1H3;1H3. The Bertz CT molecular complexity index is 5490. The van der Waals surface area contributed by atoms with Crippen LogP contribution in [0.4, 0.5) is 31.1 Å². The molecule has 0 aliphatic heterocycles. The summed E-state index contributed by atoms with van der Waals surface area (Å²) < 4.78 is 128. The molecule has 3 fully saturated rings. The van der Waals surface area contributed by atoms with E-state index in [1.165, 1.54) is 50.2 Å². The number of aliphatic hydroxyl groups excluding tert-OH is 1. The summed E-state index contributed by atoms with van der Waals surface area (Å²) in [5.74, 6) is -6.05. The van der Waals surface area contributed by atoms with E-state index in [2.05, 4.69) is 26.9 Å². The summed E-state index contributed by atoms with van der Waals surface area (Å²) in [6.45, 7) is 8.95.